The van der Waals surface area contributed by atoms with E-state index in [1.54, 1.807) is 12.1 Å². The van der Waals surface area contributed by atoms with Crippen LogP contribution in [0.5, 0.6) is 5.75 Å². The first-order chi connectivity index (χ1) is 16.3. The fourth-order valence-corrected chi connectivity index (χ4v) is 4.77. The van der Waals surface area contributed by atoms with Crippen LogP contribution >= 0.6 is 0 Å². The Bertz CT molecular complexity index is 986. The average molecular weight is 475 g/mol. The topological polar surface area (TPSA) is 62.2 Å². The van der Waals surface area contributed by atoms with Crippen LogP contribution in [-0.4, -0.2) is 49.0 Å². The SMILES string of the molecule is CC(C)(CO)[C@H]1CCCN(Cc2ccc(N3C[C@@H](c4ccccc4)OC3=O)cc2OC(F)F)C1. The van der Waals surface area contributed by atoms with Gasteiger partial charge in [0.05, 0.1) is 12.2 Å². The van der Waals surface area contributed by atoms with Crippen LogP contribution in [0.3, 0.4) is 0 Å². The second-order valence-electron chi connectivity index (χ2n) is 9.79. The number of aliphatic hydroxyl groups excluding tert-OH is 1. The number of rotatable bonds is 8. The van der Waals surface area contributed by atoms with Crippen LogP contribution in [0.25, 0.3) is 0 Å². The molecule has 1 N–H and O–H groups in total. The number of carbonyl (C=O) groups excluding carboxylic acids is 1. The minimum absolute atomic E-state index is 0.0620. The third kappa shape index (κ3) is 5.50. The molecule has 0 spiro atoms. The van der Waals surface area contributed by atoms with Crippen molar-refractivity contribution in [3.8, 4) is 5.75 Å². The monoisotopic (exact) mass is 474 g/mol. The van der Waals surface area contributed by atoms with Crippen molar-refractivity contribution < 1.29 is 28.2 Å². The Morgan fingerprint density at radius 1 is 1.18 bits per heavy atom. The Morgan fingerprint density at radius 3 is 2.65 bits per heavy atom. The summed E-state index contributed by atoms with van der Waals surface area (Å²) >= 11 is 0. The predicted molar refractivity (Wildman–Crippen MR) is 125 cm³/mol. The van der Waals surface area contributed by atoms with Gasteiger partial charge in [0.2, 0.25) is 0 Å². The normalized spacial score (nSPS) is 21.7. The Labute approximate surface area is 199 Å². The molecule has 2 aliphatic heterocycles. The van der Waals surface area contributed by atoms with Crippen LogP contribution in [0.2, 0.25) is 0 Å². The number of hydrogen-bond donors (Lipinski definition) is 1. The summed E-state index contributed by atoms with van der Waals surface area (Å²) in [4.78, 5) is 16.2. The maximum Gasteiger partial charge on any atom is 0.415 e. The van der Waals surface area contributed by atoms with E-state index in [1.807, 2.05) is 30.3 Å². The molecule has 184 valence electrons. The highest BCUT2D eigenvalue weighted by Crippen LogP contribution is 2.37. The molecule has 6 nitrogen and oxygen atoms in total. The van der Waals surface area contributed by atoms with Gasteiger partial charge in [0.1, 0.15) is 11.9 Å². The first kappa shape index (κ1) is 24.4. The van der Waals surface area contributed by atoms with E-state index in [4.69, 9.17) is 9.47 Å². The predicted octanol–water partition coefficient (Wildman–Crippen LogP) is 5.22. The largest absolute Gasteiger partial charge is 0.439 e. The summed E-state index contributed by atoms with van der Waals surface area (Å²) in [5.41, 5.74) is 1.78. The van der Waals surface area contributed by atoms with E-state index in [1.165, 1.54) is 11.0 Å². The summed E-state index contributed by atoms with van der Waals surface area (Å²) in [6, 6.07) is 14.4. The van der Waals surface area contributed by atoms with Crippen LogP contribution < -0.4 is 9.64 Å². The third-order valence-corrected chi connectivity index (χ3v) is 6.97. The van der Waals surface area contributed by atoms with Crippen molar-refractivity contribution in [2.24, 2.45) is 11.3 Å². The first-order valence-corrected chi connectivity index (χ1v) is 11.7. The lowest BCUT2D eigenvalue weighted by Gasteiger charge is -2.40. The molecular formula is C26H32F2N2O4. The van der Waals surface area contributed by atoms with Gasteiger partial charge in [0.25, 0.3) is 0 Å². The minimum atomic E-state index is -2.97. The Kier molecular flexibility index (Phi) is 7.38. The van der Waals surface area contributed by atoms with Gasteiger partial charge in [0.15, 0.2) is 0 Å². The highest BCUT2D eigenvalue weighted by Gasteiger charge is 2.35. The van der Waals surface area contributed by atoms with Gasteiger partial charge in [0, 0.05) is 31.3 Å². The molecule has 2 heterocycles. The first-order valence-electron chi connectivity index (χ1n) is 11.7. The van der Waals surface area contributed by atoms with Crippen molar-refractivity contribution in [1.82, 2.24) is 4.90 Å². The van der Waals surface area contributed by atoms with Crippen molar-refractivity contribution in [1.29, 1.82) is 0 Å². The number of ether oxygens (including phenoxy) is 2. The third-order valence-electron chi connectivity index (χ3n) is 6.97. The molecule has 2 atom stereocenters. The number of carbonyl (C=O) groups is 1. The number of halogens is 2. The molecule has 0 radical (unpaired) electrons. The molecule has 2 fully saturated rings. The summed E-state index contributed by atoms with van der Waals surface area (Å²) in [6.07, 6.45) is 1.07. The molecule has 2 aromatic carbocycles. The summed E-state index contributed by atoms with van der Waals surface area (Å²) in [5.74, 6) is 0.381. The molecule has 1 amide bonds. The van der Waals surface area contributed by atoms with Gasteiger partial charge >= 0.3 is 12.7 Å². The van der Waals surface area contributed by atoms with E-state index in [0.29, 0.717) is 30.3 Å². The van der Waals surface area contributed by atoms with Gasteiger partial charge in [-0.25, -0.2) is 4.79 Å². The van der Waals surface area contributed by atoms with E-state index in [0.717, 1.165) is 31.5 Å². The van der Waals surface area contributed by atoms with Gasteiger partial charge in [-0.05, 0) is 42.3 Å². The fourth-order valence-electron chi connectivity index (χ4n) is 4.77. The second kappa shape index (κ2) is 10.3. The molecule has 0 aliphatic carbocycles. The second-order valence-corrected chi connectivity index (χ2v) is 9.79. The number of nitrogens with zero attached hydrogens (tertiary/aromatic N) is 2. The van der Waals surface area contributed by atoms with Crippen LogP contribution in [0.1, 0.15) is 43.9 Å². The molecular weight excluding hydrogens is 442 g/mol. The lowest BCUT2D eigenvalue weighted by atomic mass is 9.75. The highest BCUT2D eigenvalue weighted by atomic mass is 19.3. The zero-order valence-corrected chi connectivity index (χ0v) is 19.6. The van der Waals surface area contributed by atoms with Crippen LogP contribution in [-0.2, 0) is 11.3 Å². The quantitative estimate of drug-likeness (QED) is 0.569. The minimum Gasteiger partial charge on any atom is -0.439 e. The lowest BCUT2D eigenvalue weighted by molar-refractivity contribution is -0.0509. The van der Waals surface area contributed by atoms with Gasteiger partial charge in [-0.1, -0.05) is 50.2 Å². The van der Waals surface area contributed by atoms with E-state index in [-0.39, 0.29) is 17.8 Å². The molecule has 34 heavy (non-hydrogen) atoms. The smallest absolute Gasteiger partial charge is 0.415 e. The van der Waals surface area contributed by atoms with Gasteiger partial charge in [-0.2, -0.15) is 8.78 Å². The zero-order chi connectivity index (χ0) is 24.3. The van der Waals surface area contributed by atoms with E-state index in [9.17, 15) is 18.7 Å². The fraction of sp³-hybridized carbons (Fsp3) is 0.500. The number of amides is 1. The Morgan fingerprint density at radius 2 is 1.94 bits per heavy atom. The Balaban J connectivity index is 1.52. The molecule has 0 saturated carbocycles. The number of alkyl halides is 2. The number of benzene rings is 2. The van der Waals surface area contributed by atoms with Crippen molar-refractivity contribution in [2.45, 2.75) is 45.9 Å². The molecule has 0 bridgehead atoms. The molecule has 2 aliphatic rings. The molecule has 2 saturated heterocycles. The van der Waals surface area contributed by atoms with Crippen molar-refractivity contribution >= 4 is 11.8 Å². The zero-order valence-electron chi connectivity index (χ0n) is 19.6. The maximum atomic E-state index is 13.2. The number of cyclic esters (lactones) is 1. The summed E-state index contributed by atoms with van der Waals surface area (Å²) in [7, 11) is 0. The molecule has 8 heteroatoms. The summed E-state index contributed by atoms with van der Waals surface area (Å²) in [6.45, 7) is 3.62. The van der Waals surface area contributed by atoms with Crippen LogP contribution in [0, 0.1) is 11.3 Å². The molecule has 4 rings (SSSR count). The molecule has 0 unspecified atom stereocenters. The van der Waals surface area contributed by atoms with E-state index < -0.39 is 18.8 Å². The summed E-state index contributed by atoms with van der Waals surface area (Å²) < 4.78 is 36.9. The number of likely N-dealkylation sites (tertiary alicyclic amines) is 1. The number of piperidine rings is 1. The Hall–Kier alpha value is -2.71. The van der Waals surface area contributed by atoms with Gasteiger partial charge < -0.3 is 14.6 Å². The molecule has 2 aromatic rings. The average Bonchev–Trinajstić information content (AvgIpc) is 3.22. The summed E-state index contributed by atoms with van der Waals surface area (Å²) in [5, 5.41) is 9.75. The van der Waals surface area contributed by atoms with Crippen molar-refractivity contribution in [3.05, 3.63) is 59.7 Å². The van der Waals surface area contributed by atoms with Crippen LogP contribution in [0.4, 0.5) is 19.3 Å². The number of aliphatic hydroxyl groups is 1. The van der Waals surface area contributed by atoms with Gasteiger partial charge in [-0.15, -0.1) is 0 Å². The lowest BCUT2D eigenvalue weighted by Crippen LogP contribution is -2.42. The maximum absolute atomic E-state index is 13.2. The van der Waals surface area contributed by atoms with Crippen molar-refractivity contribution in [3.63, 3.8) is 0 Å². The van der Waals surface area contributed by atoms with Crippen molar-refractivity contribution in [2.75, 3.05) is 31.1 Å². The van der Waals surface area contributed by atoms with Gasteiger partial charge in [-0.3, -0.25) is 9.80 Å². The highest BCUT2D eigenvalue weighted by molar-refractivity contribution is 5.90. The van der Waals surface area contributed by atoms with Crippen LogP contribution in [0.15, 0.2) is 48.5 Å². The van der Waals surface area contributed by atoms with E-state index in [2.05, 4.69) is 18.7 Å². The number of anilines is 1. The van der Waals surface area contributed by atoms with E-state index >= 15 is 0 Å². The molecule has 0 aromatic heterocycles. The standard InChI is InChI=1S/C26H32F2N2O4/c1-26(2,17-31)20-9-6-12-29(15-20)14-19-10-11-21(13-22(19)33-24(27)28)30-16-23(34-25(30)32)18-7-4-3-5-8-18/h3-5,7-8,10-11,13,20,23-24,31H,6,9,12,14-17H2,1-2H3/t20-,23-/m0/s1. The number of hydrogen-bond acceptors (Lipinski definition) is 5.